The quantitative estimate of drug-likeness (QED) is 0.680. The zero-order valence-corrected chi connectivity index (χ0v) is 14.6. The number of benzene rings is 2. The maximum absolute atomic E-state index is 12.5. The van der Waals surface area contributed by atoms with Crippen LogP contribution in [0.25, 0.3) is 0 Å². The van der Waals surface area contributed by atoms with Crippen molar-refractivity contribution in [1.29, 1.82) is 0 Å². The van der Waals surface area contributed by atoms with Crippen molar-refractivity contribution in [3.05, 3.63) is 60.2 Å². The van der Waals surface area contributed by atoms with E-state index in [9.17, 15) is 13.2 Å². The number of nitrogens with zero attached hydrogens (tertiary/aromatic N) is 1. The minimum Gasteiger partial charge on any atom is -0.489 e. The molecule has 1 atom stereocenters. The number of hydrogen-bond acceptors (Lipinski definition) is 2. The average molecular weight is 367 g/mol. The van der Waals surface area contributed by atoms with E-state index in [2.05, 4.69) is 4.99 Å². The van der Waals surface area contributed by atoms with Crippen LogP contribution in [0.1, 0.15) is 18.4 Å². The molecule has 0 spiro atoms. The number of halogens is 3. The van der Waals surface area contributed by atoms with Crippen LogP contribution < -0.4 is 4.74 Å². The zero-order valence-electron chi connectivity index (χ0n) is 13.7. The Kier molecular flexibility index (Phi) is 5.68. The van der Waals surface area contributed by atoms with Crippen molar-refractivity contribution in [3.63, 3.8) is 0 Å². The van der Waals surface area contributed by atoms with E-state index in [-0.39, 0.29) is 6.42 Å². The largest absolute Gasteiger partial charge is 0.489 e. The predicted octanol–water partition coefficient (Wildman–Crippen LogP) is 5.38. The summed E-state index contributed by atoms with van der Waals surface area (Å²) < 4.78 is 43.1. The minimum absolute atomic E-state index is 0.0153. The molecule has 0 amide bonds. The third-order valence-electron chi connectivity index (χ3n) is 3.96. The van der Waals surface area contributed by atoms with Crippen LogP contribution in [-0.2, 0) is 6.61 Å². The molecule has 1 aliphatic heterocycles. The summed E-state index contributed by atoms with van der Waals surface area (Å²) in [4.78, 5) is 5.38. The Hall–Kier alpha value is -1.95. The van der Waals surface area contributed by atoms with Crippen molar-refractivity contribution < 1.29 is 17.9 Å². The highest BCUT2D eigenvalue weighted by Crippen LogP contribution is 2.43. The molecule has 134 valence electrons. The van der Waals surface area contributed by atoms with Crippen LogP contribution in [0.2, 0.25) is 0 Å². The van der Waals surface area contributed by atoms with E-state index in [4.69, 9.17) is 4.74 Å². The molecule has 2 aromatic rings. The molecular formula is C19H20F3NOS. The highest BCUT2D eigenvalue weighted by atomic mass is 32.2. The van der Waals surface area contributed by atoms with Crippen LogP contribution >= 0.6 is 10.9 Å². The van der Waals surface area contributed by atoms with Gasteiger partial charge in [0.1, 0.15) is 12.4 Å². The van der Waals surface area contributed by atoms with Gasteiger partial charge < -0.3 is 4.74 Å². The minimum atomic E-state index is -4.12. The van der Waals surface area contributed by atoms with Gasteiger partial charge in [-0.05, 0) is 34.7 Å². The van der Waals surface area contributed by atoms with Crippen LogP contribution in [0.15, 0.2) is 64.5 Å². The smallest absolute Gasteiger partial charge is 0.389 e. The fourth-order valence-corrected chi connectivity index (χ4v) is 4.98. The highest BCUT2D eigenvalue weighted by Gasteiger charge is 2.29. The van der Waals surface area contributed by atoms with E-state index in [1.54, 1.807) is 0 Å². The van der Waals surface area contributed by atoms with Crippen molar-refractivity contribution >= 4 is 15.9 Å². The maximum Gasteiger partial charge on any atom is 0.389 e. The van der Waals surface area contributed by atoms with E-state index in [1.165, 1.54) is 0 Å². The van der Waals surface area contributed by atoms with Gasteiger partial charge in [0.2, 0.25) is 0 Å². The highest BCUT2D eigenvalue weighted by molar-refractivity contribution is 8.30. The van der Waals surface area contributed by atoms with Crippen LogP contribution in [-0.4, -0.2) is 23.5 Å². The van der Waals surface area contributed by atoms with Crippen molar-refractivity contribution in [1.82, 2.24) is 0 Å². The Morgan fingerprint density at radius 2 is 1.72 bits per heavy atom. The summed E-state index contributed by atoms with van der Waals surface area (Å²) in [6.45, 7) is 1.12. The Labute approximate surface area is 148 Å². The van der Waals surface area contributed by atoms with Gasteiger partial charge in [-0.15, -0.1) is 0 Å². The first-order chi connectivity index (χ1) is 12.0. The van der Waals surface area contributed by atoms with E-state index in [1.807, 2.05) is 54.6 Å². The van der Waals surface area contributed by atoms with E-state index in [0.717, 1.165) is 27.0 Å². The summed E-state index contributed by atoms with van der Waals surface area (Å²) in [6.07, 6.45) is -4.90. The Bertz CT molecular complexity index is 714. The molecule has 0 N–H and O–H groups in total. The lowest BCUT2D eigenvalue weighted by Crippen LogP contribution is -2.10. The van der Waals surface area contributed by atoms with Gasteiger partial charge in [0, 0.05) is 25.1 Å². The van der Waals surface area contributed by atoms with Gasteiger partial charge in [0.25, 0.3) is 0 Å². The van der Waals surface area contributed by atoms with E-state index >= 15 is 0 Å². The molecule has 1 heterocycles. The topological polar surface area (TPSA) is 21.6 Å². The molecule has 0 saturated heterocycles. The molecule has 1 aliphatic rings. The lowest BCUT2D eigenvalue weighted by atomic mass is 10.2. The Morgan fingerprint density at radius 1 is 1.00 bits per heavy atom. The summed E-state index contributed by atoms with van der Waals surface area (Å²) >= 11 is 0. The molecule has 2 aromatic carbocycles. The summed E-state index contributed by atoms with van der Waals surface area (Å²) in [5.74, 6) is 1.60. The van der Waals surface area contributed by atoms with Crippen LogP contribution in [0.3, 0.4) is 0 Å². The molecule has 25 heavy (non-hydrogen) atoms. The Balaban J connectivity index is 1.59. The summed E-state index contributed by atoms with van der Waals surface area (Å²) in [5.41, 5.74) is 1.09. The van der Waals surface area contributed by atoms with Crippen LogP contribution in [0, 0.1) is 0 Å². The average Bonchev–Trinajstić information content (AvgIpc) is 3.08. The predicted molar refractivity (Wildman–Crippen MR) is 96.9 cm³/mol. The standard InChI is InChI=1S/C19H20F3NOS/c20-19(21,22)11-10-18-23-12-13-25(18)17-8-6-16(7-9-17)24-14-15-4-2-1-3-5-15/h1-9,25H,10-14H2. The zero-order chi connectivity index (χ0) is 17.7. The summed E-state index contributed by atoms with van der Waals surface area (Å²) in [6, 6.07) is 17.6. The second-order valence-electron chi connectivity index (χ2n) is 5.83. The second kappa shape index (κ2) is 7.95. The van der Waals surface area contributed by atoms with Crippen LogP contribution in [0.5, 0.6) is 5.75 Å². The monoisotopic (exact) mass is 367 g/mol. The number of hydrogen-bond donors (Lipinski definition) is 1. The number of aliphatic imine (C=N–C) groups is 1. The van der Waals surface area contributed by atoms with E-state index in [0.29, 0.717) is 13.2 Å². The number of ether oxygens (including phenoxy) is 1. The molecule has 0 aliphatic carbocycles. The first-order valence-corrected chi connectivity index (χ1v) is 9.68. The number of alkyl halides is 3. The summed E-state index contributed by atoms with van der Waals surface area (Å²) in [5, 5.41) is 0.727. The molecule has 0 bridgehead atoms. The molecule has 0 fully saturated rings. The van der Waals surface area contributed by atoms with Gasteiger partial charge in [-0.25, -0.2) is 0 Å². The lowest BCUT2D eigenvalue weighted by molar-refractivity contribution is -0.132. The van der Waals surface area contributed by atoms with Gasteiger partial charge in [0.15, 0.2) is 0 Å². The molecule has 6 heteroatoms. The van der Waals surface area contributed by atoms with Crippen molar-refractivity contribution in [3.8, 4) is 5.75 Å². The fraction of sp³-hybridized carbons (Fsp3) is 0.316. The van der Waals surface area contributed by atoms with Crippen LogP contribution in [0.4, 0.5) is 13.2 Å². The van der Waals surface area contributed by atoms with E-state index < -0.39 is 23.5 Å². The molecular weight excluding hydrogens is 347 g/mol. The van der Waals surface area contributed by atoms with Crippen molar-refractivity contribution in [2.45, 2.75) is 30.5 Å². The Morgan fingerprint density at radius 3 is 2.40 bits per heavy atom. The second-order valence-corrected chi connectivity index (χ2v) is 8.17. The van der Waals surface area contributed by atoms with Crippen molar-refractivity contribution in [2.75, 3.05) is 12.3 Å². The fourth-order valence-electron chi connectivity index (χ4n) is 2.70. The van der Waals surface area contributed by atoms with Crippen molar-refractivity contribution in [2.24, 2.45) is 4.99 Å². The van der Waals surface area contributed by atoms with Gasteiger partial charge in [0.05, 0.1) is 5.04 Å². The third kappa shape index (κ3) is 5.26. The number of rotatable bonds is 6. The molecule has 1 unspecified atom stereocenters. The van der Waals surface area contributed by atoms with Gasteiger partial charge in [-0.1, -0.05) is 30.3 Å². The first-order valence-electron chi connectivity index (χ1n) is 8.16. The molecule has 3 rings (SSSR count). The SMILES string of the molecule is FC(F)(F)CCC1=NCC[SH]1c1ccc(OCc2ccccc2)cc1. The molecule has 0 aromatic heterocycles. The maximum atomic E-state index is 12.5. The van der Waals surface area contributed by atoms with Gasteiger partial charge in [-0.3, -0.25) is 4.99 Å². The normalized spacial score (nSPS) is 18.8. The molecule has 2 nitrogen and oxygen atoms in total. The van der Waals surface area contributed by atoms with Gasteiger partial charge in [-0.2, -0.15) is 24.1 Å². The number of thiol groups is 1. The summed E-state index contributed by atoms with van der Waals surface area (Å²) in [7, 11) is -0.728. The third-order valence-corrected chi connectivity index (χ3v) is 6.52. The lowest BCUT2D eigenvalue weighted by Gasteiger charge is -2.19. The van der Waals surface area contributed by atoms with Gasteiger partial charge >= 0.3 is 6.18 Å². The molecule has 0 radical (unpaired) electrons. The first kappa shape index (κ1) is 17.9. The molecule has 0 saturated carbocycles.